The van der Waals surface area contributed by atoms with Crippen LogP contribution in [0.4, 0.5) is 0 Å². The molecule has 0 bridgehead atoms. The quantitative estimate of drug-likeness (QED) is 0.425. The summed E-state index contributed by atoms with van der Waals surface area (Å²) in [4.78, 5) is 24.1. The molecule has 0 spiro atoms. The molecule has 0 atom stereocenters. The summed E-state index contributed by atoms with van der Waals surface area (Å²) in [5, 5.41) is 4.77. The third-order valence-electron chi connectivity index (χ3n) is 3.45. The number of halogens is 1. The second-order valence-electron chi connectivity index (χ2n) is 5.13. The normalized spacial score (nSPS) is 11.5. The van der Waals surface area contributed by atoms with Crippen molar-refractivity contribution in [2.75, 3.05) is 0 Å². The number of rotatable bonds is 3. The number of hydrogen-bond acceptors (Lipinski definition) is 4. The molecule has 2 aromatic carbocycles. The van der Waals surface area contributed by atoms with Gasteiger partial charge in [-0.3, -0.25) is 4.79 Å². The third-order valence-corrected chi connectivity index (χ3v) is 3.94. The molecule has 3 aromatic rings. The van der Waals surface area contributed by atoms with Crippen LogP contribution in [0.15, 0.2) is 73.4 Å². The van der Waals surface area contributed by atoms with E-state index in [2.05, 4.69) is 26.5 Å². The van der Waals surface area contributed by atoms with E-state index in [1.807, 2.05) is 12.1 Å². The Morgan fingerprint density at radius 2 is 1.88 bits per heavy atom. The lowest BCUT2D eigenvalue weighted by Crippen LogP contribution is -2.21. The lowest BCUT2D eigenvalue weighted by Gasteiger charge is -2.04. The Morgan fingerprint density at radius 3 is 2.62 bits per heavy atom. The Labute approximate surface area is 146 Å². The largest absolute Gasteiger partial charge is 0.422 e. The molecule has 6 heteroatoms. The van der Waals surface area contributed by atoms with Crippen LogP contribution in [0.2, 0.25) is 0 Å². The minimum atomic E-state index is -0.500. The molecule has 0 unspecified atom stereocenters. The molecule has 120 valence electrons. The standard InChI is InChI=1S/C18H13BrN2O3/c1-11(20-21-17(22)12-5-3-2-4-6-12)15-10-13-9-14(19)7-8-16(13)24-18(15)23/h2-10H,1H3,(H,21,22)/b20-11+. The molecule has 3 rings (SSSR count). The van der Waals surface area contributed by atoms with Gasteiger partial charge in [-0.05, 0) is 43.3 Å². The fourth-order valence-corrected chi connectivity index (χ4v) is 2.57. The van der Waals surface area contributed by atoms with Crippen molar-refractivity contribution in [3.8, 4) is 0 Å². The van der Waals surface area contributed by atoms with E-state index in [9.17, 15) is 9.59 Å². The van der Waals surface area contributed by atoms with Crippen LogP contribution < -0.4 is 11.1 Å². The Kier molecular flexibility index (Phi) is 4.57. The lowest BCUT2D eigenvalue weighted by atomic mass is 10.1. The van der Waals surface area contributed by atoms with Gasteiger partial charge in [0.15, 0.2) is 0 Å². The second-order valence-corrected chi connectivity index (χ2v) is 6.05. The average molecular weight is 385 g/mol. The summed E-state index contributed by atoms with van der Waals surface area (Å²) in [7, 11) is 0. The highest BCUT2D eigenvalue weighted by Crippen LogP contribution is 2.19. The number of hydrogen-bond donors (Lipinski definition) is 1. The number of fused-ring (bicyclic) bond motifs is 1. The highest BCUT2D eigenvalue weighted by Gasteiger charge is 2.10. The molecule has 0 fully saturated rings. The van der Waals surface area contributed by atoms with Gasteiger partial charge in [-0.15, -0.1) is 0 Å². The molecule has 1 amide bonds. The first-order valence-corrected chi connectivity index (χ1v) is 7.97. The molecule has 0 aliphatic heterocycles. The molecule has 0 aliphatic rings. The van der Waals surface area contributed by atoms with Gasteiger partial charge in [0, 0.05) is 15.4 Å². The summed E-state index contributed by atoms with van der Waals surface area (Å²) >= 11 is 3.38. The Hall–Kier alpha value is -2.73. The summed E-state index contributed by atoms with van der Waals surface area (Å²) in [5.41, 5.74) is 3.60. The number of amides is 1. The molecule has 1 aromatic heterocycles. The molecule has 24 heavy (non-hydrogen) atoms. The van der Waals surface area contributed by atoms with Crippen molar-refractivity contribution in [3.63, 3.8) is 0 Å². The van der Waals surface area contributed by atoms with Gasteiger partial charge in [-0.1, -0.05) is 34.1 Å². The predicted octanol–water partition coefficient (Wildman–Crippen LogP) is 3.71. The van der Waals surface area contributed by atoms with Crippen molar-refractivity contribution in [1.82, 2.24) is 5.43 Å². The predicted molar refractivity (Wildman–Crippen MR) is 96.3 cm³/mol. The fourth-order valence-electron chi connectivity index (χ4n) is 2.20. The summed E-state index contributed by atoms with van der Waals surface area (Å²) in [6.07, 6.45) is 0. The van der Waals surface area contributed by atoms with Crippen LogP contribution in [0.1, 0.15) is 22.8 Å². The van der Waals surface area contributed by atoms with Crippen LogP contribution >= 0.6 is 15.9 Å². The van der Waals surface area contributed by atoms with Crippen molar-refractivity contribution < 1.29 is 9.21 Å². The van der Waals surface area contributed by atoms with Crippen molar-refractivity contribution in [2.24, 2.45) is 5.10 Å². The van der Waals surface area contributed by atoms with Crippen LogP contribution in [0.5, 0.6) is 0 Å². The number of carbonyl (C=O) groups is 1. The molecule has 5 nitrogen and oxygen atoms in total. The Balaban J connectivity index is 1.90. The van der Waals surface area contributed by atoms with Gasteiger partial charge in [0.1, 0.15) is 5.58 Å². The molecule has 0 radical (unpaired) electrons. The van der Waals surface area contributed by atoms with Crippen LogP contribution in [0.3, 0.4) is 0 Å². The maximum Gasteiger partial charge on any atom is 0.345 e. The van der Waals surface area contributed by atoms with Gasteiger partial charge in [-0.2, -0.15) is 5.10 Å². The van der Waals surface area contributed by atoms with Gasteiger partial charge in [-0.25, -0.2) is 10.2 Å². The highest BCUT2D eigenvalue weighted by molar-refractivity contribution is 9.10. The number of carbonyl (C=O) groups excluding carboxylic acids is 1. The van der Waals surface area contributed by atoms with Gasteiger partial charge in [0.2, 0.25) is 0 Å². The van der Waals surface area contributed by atoms with E-state index in [0.717, 1.165) is 9.86 Å². The molecule has 1 heterocycles. The van der Waals surface area contributed by atoms with Gasteiger partial charge in [0.05, 0.1) is 11.3 Å². The minimum absolute atomic E-state index is 0.300. The zero-order chi connectivity index (χ0) is 17.1. The smallest absolute Gasteiger partial charge is 0.345 e. The maximum absolute atomic E-state index is 12.1. The highest BCUT2D eigenvalue weighted by atomic mass is 79.9. The molecular formula is C18H13BrN2O3. The van der Waals surface area contributed by atoms with Crippen molar-refractivity contribution >= 4 is 38.5 Å². The monoisotopic (exact) mass is 384 g/mol. The summed E-state index contributed by atoms with van der Waals surface area (Å²) < 4.78 is 6.17. The Bertz CT molecular complexity index is 994. The first-order valence-electron chi connectivity index (χ1n) is 7.18. The van der Waals surface area contributed by atoms with Crippen molar-refractivity contribution in [2.45, 2.75) is 6.92 Å². The third kappa shape index (κ3) is 3.44. The van der Waals surface area contributed by atoms with E-state index in [-0.39, 0.29) is 5.91 Å². The van der Waals surface area contributed by atoms with E-state index in [4.69, 9.17) is 4.42 Å². The average Bonchev–Trinajstić information content (AvgIpc) is 2.60. The Morgan fingerprint density at radius 1 is 1.12 bits per heavy atom. The van der Waals surface area contributed by atoms with Crippen LogP contribution in [-0.4, -0.2) is 11.6 Å². The topological polar surface area (TPSA) is 71.7 Å². The lowest BCUT2D eigenvalue weighted by molar-refractivity contribution is 0.0955. The number of nitrogens with zero attached hydrogens (tertiary/aromatic N) is 1. The second kappa shape index (κ2) is 6.80. The van der Waals surface area contributed by atoms with Crippen molar-refractivity contribution in [1.29, 1.82) is 0 Å². The van der Waals surface area contributed by atoms with E-state index < -0.39 is 5.63 Å². The number of nitrogens with one attached hydrogen (secondary N) is 1. The molecule has 0 saturated heterocycles. The van der Waals surface area contributed by atoms with E-state index >= 15 is 0 Å². The zero-order valence-corrected chi connectivity index (χ0v) is 14.3. The van der Waals surface area contributed by atoms with Gasteiger partial charge >= 0.3 is 5.63 Å². The van der Waals surface area contributed by atoms with E-state index in [1.54, 1.807) is 49.4 Å². The summed E-state index contributed by atoms with van der Waals surface area (Å²) in [6, 6.07) is 15.8. The minimum Gasteiger partial charge on any atom is -0.422 e. The molecule has 1 N–H and O–H groups in total. The first kappa shape index (κ1) is 16.1. The first-order chi connectivity index (χ1) is 11.5. The molecule has 0 saturated carbocycles. The van der Waals surface area contributed by atoms with Crippen LogP contribution in [-0.2, 0) is 0 Å². The fraction of sp³-hybridized carbons (Fsp3) is 0.0556. The van der Waals surface area contributed by atoms with Crippen LogP contribution in [0.25, 0.3) is 11.0 Å². The maximum atomic E-state index is 12.1. The van der Waals surface area contributed by atoms with Crippen molar-refractivity contribution in [3.05, 3.63) is 80.6 Å². The number of hydrazone groups is 1. The van der Waals surface area contributed by atoms with Gasteiger partial charge in [0.25, 0.3) is 5.91 Å². The molecule has 0 aliphatic carbocycles. The van der Waals surface area contributed by atoms with E-state index in [0.29, 0.717) is 22.4 Å². The van der Waals surface area contributed by atoms with Crippen LogP contribution in [0, 0.1) is 0 Å². The number of benzene rings is 2. The SMILES string of the molecule is C/C(=N\NC(=O)c1ccccc1)c1cc2cc(Br)ccc2oc1=O. The zero-order valence-electron chi connectivity index (χ0n) is 12.7. The van der Waals surface area contributed by atoms with Gasteiger partial charge < -0.3 is 4.42 Å². The molecular weight excluding hydrogens is 372 g/mol. The summed E-state index contributed by atoms with van der Waals surface area (Å²) in [5.74, 6) is -0.345. The van der Waals surface area contributed by atoms with E-state index in [1.165, 1.54) is 0 Å². The summed E-state index contributed by atoms with van der Waals surface area (Å²) in [6.45, 7) is 1.64.